The lowest BCUT2D eigenvalue weighted by Gasteiger charge is -2.10. The van der Waals surface area contributed by atoms with Gasteiger partial charge in [0.2, 0.25) is 5.91 Å². The van der Waals surface area contributed by atoms with Gasteiger partial charge in [-0.15, -0.1) is 0 Å². The summed E-state index contributed by atoms with van der Waals surface area (Å²) in [6, 6.07) is 13.1. The molecule has 0 bridgehead atoms. The number of phenols is 1. The molecule has 0 saturated carbocycles. The van der Waals surface area contributed by atoms with Crippen molar-refractivity contribution in [3.8, 4) is 17.1 Å². The fourth-order valence-corrected chi connectivity index (χ4v) is 2.93. The second-order valence-corrected chi connectivity index (χ2v) is 6.58. The van der Waals surface area contributed by atoms with Crippen molar-refractivity contribution in [1.82, 2.24) is 14.8 Å². The number of nitrogens with one attached hydrogen (secondary N) is 2. The van der Waals surface area contributed by atoms with Crippen molar-refractivity contribution in [2.24, 2.45) is 0 Å². The summed E-state index contributed by atoms with van der Waals surface area (Å²) in [6.45, 7) is 4.27. The molecular weight excluding hydrogens is 348 g/mol. The van der Waals surface area contributed by atoms with Gasteiger partial charge in [-0.05, 0) is 49.8 Å². The van der Waals surface area contributed by atoms with Gasteiger partial charge in [-0.1, -0.05) is 29.8 Å². The highest BCUT2D eigenvalue weighted by Gasteiger charge is 2.12. The summed E-state index contributed by atoms with van der Waals surface area (Å²) in [7, 11) is 0. The van der Waals surface area contributed by atoms with Crippen molar-refractivity contribution in [3.05, 3.63) is 58.4 Å². The summed E-state index contributed by atoms with van der Waals surface area (Å²) >= 11 is 5.30. The Morgan fingerprint density at radius 1 is 1.23 bits per heavy atom. The van der Waals surface area contributed by atoms with Gasteiger partial charge in [0, 0.05) is 18.5 Å². The summed E-state index contributed by atoms with van der Waals surface area (Å²) in [6.07, 6.45) is 0.208. The van der Waals surface area contributed by atoms with E-state index in [0.29, 0.717) is 22.8 Å². The van der Waals surface area contributed by atoms with E-state index in [1.54, 1.807) is 16.7 Å². The van der Waals surface area contributed by atoms with Crippen molar-refractivity contribution >= 4 is 23.8 Å². The molecule has 3 rings (SSSR count). The normalized spacial score (nSPS) is 10.7. The number of carbonyl (C=O) groups excluding carboxylic acids is 1. The van der Waals surface area contributed by atoms with Crippen LogP contribution < -0.4 is 5.32 Å². The molecule has 2 aromatic carbocycles. The van der Waals surface area contributed by atoms with Gasteiger partial charge < -0.3 is 10.4 Å². The zero-order chi connectivity index (χ0) is 18.7. The SMILES string of the molecule is Cc1cccc(-c2n[nH]c(=S)n2CCC(=O)Nc2ccc(C)cc2O)c1. The van der Waals surface area contributed by atoms with E-state index < -0.39 is 0 Å². The minimum absolute atomic E-state index is 0.0544. The van der Waals surface area contributed by atoms with Crippen LogP contribution in [0.3, 0.4) is 0 Å². The Kier molecular flexibility index (Phi) is 5.18. The number of hydrogen-bond donors (Lipinski definition) is 3. The van der Waals surface area contributed by atoms with Crippen LogP contribution in [0.2, 0.25) is 0 Å². The highest BCUT2D eigenvalue weighted by molar-refractivity contribution is 7.71. The van der Waals surface area contributed by atoms with Gasteiger partial charge >= 0.3 is 0 Å². The summed E-state index contributed by atoms with van der Waals surface area (Å²) in [5.41, 5.74) is 3.38. The van der Waals surface area contributed by atoms with E-state index in [2.05, 4.69) is 15.5 Å². The van der Waals surface area contributed by atoms with E-state index in [1.807, 2.05) is 44.2 Å². The van der Waals surface area contributed by atoms with Crippen molar-refractivity contribution in [3.63, 3.8) is 0 Å². The summed E-state index contributed by atoms with van der Waals surface area (Å²) < 4.78 is 2.27. The predicted octanol–water partition coefficient (Wildman–Crippen LogP) is 3.96. The molecule has 0 spiro atoms. The Labute approximate surface area is 156 Å². The van der Waals surface area contributed by atoms with E-state index in [9.17, 15) is 9.90 Å². The Morgan fingerprint density at radius 2 is 2.00 bits per heavy atom. The first-order valence-corrected chi connectivity index (χ1v) is 8.66. The van der Waals surface area contributed by atoms with Crippen LogP contribution in [-0.4, -0.2) is 25.8 Å². The van der Waals surface area contributed by atoms with Crippen LogP contribution in [-0.2, 0) is 11.3 Å². The molecule has 0 unspecified atom stereocenters. The van der Waals surface area contributed by atoms with E-state index >= 15 is 0 Å². The molecule has 0 fully saturated rings. The number of phenolic OH excluding ortho intramolecular Hbond substituents is 1. The van der Waals surface area contributed by atoms with Crippen LogP contribution in [0, 0.1) is 18.6 Å². The molecule has 0 aliphatic carbocycles. The highest BCUT2D eigenvalue weighted by Crippen LogP contribution is 2.24. The second-order valence-electron chi connectivity index (χ2n) is 6.19. The van der Waals surface area contributed by atoms with Gasteiger partial charge in [0.05, 0.1) is 5.69 Å². The Morgan fingerprint density at radius 3 is 2.73 bits per heavy atom. The monoisotopic (exact) mass is 368 g/mol. The number of amides is 1. The third-order valence-electron chi connectivity index (χ3n) is 4.02. The molecular formula is C19H20N4O2S. The quantitative estimate of drug-likeness (QED) is 0.470. The molecule has 7 heteroatoms. The third-order valence-corrected chi connectivity index (χ3v) is 4.34. The number of aromatic nitrogens is 3. The molecule has 134 valence electrons. The van der Waals surface area contributed by atoms with Crippen molar-refractivity contribution in [2.75, 3.05) is 5.32 Å². The largest absolute Gasteiger partial charge is 0.506 e. The Balaban J connectivity index is 1.73. The fraction of sp³-hybridized carbons (Fsp3) is 0.211. The minimum Gasteiger partial charge on any atom is -0.506 e. The van der Waals surface area contributed by atoms with Gasteiger partial charge in [-0.25, -0.2) is 0 Å². The van der Waals surface area contributed by atoms with Crippen LogP contribution in [0.15, 0.2) is 42.5 Å². The maximum atomic E-state index is 12.3. The smallest absolute Gasteiger partial charge is 0.226 e. The predicted molar refractivity (Wildman–Crippen MR) is 104 cm³/mol. The molecule has 3 aromatic rings. The summed E-state index contributed by atoms with van der Waals surface area (Å²) in [4.78, 5) is 12.3. The molecule has 1 aromatic heterocycles. The lowest BCUT2D eigenvalue weighted by Crippen LogP contribution is -2.15. The van der Waals surface area contributed by atoms with Crippen LogP contribution in [0.4, 0.5) is 5.69 Å². The molecule has 1 amide bonds. The molecule has 0 aliphatic heterocycles. The zero-order valence-electron chi connectivity index (χ0n) is 14.6. The molecule has 0 atom stereocenters. The number of carbonyl (C=O) groups is 1. The molecule has 0 saturated heterocycles. The Hall–Kier alpha value is -2.93. The van der Waals surface area contributed by atoms with Crippen molar-refractivity contribution in [2.45, 2.75) is 26.8 Å². The van der Waals surface area contributed by atoms with Gasteiger partial charge in [0.25, 0.3) is 0 Å². The highest BCUT2D eigenvalue weighted by atomic mass is 32.1. The van der Waals surface area contributed by atoms with Crippen molar-refractivity contribution in [1.29, 1.82) is 0 Å². The number of anilines is 1. The number of aryl methyl sites for hydroxylation is 2. The zero-order valence-corrected chi connectivity index (χ0v) is 15.4. The van der Waals surface area contributed by atoms with Crippen LogP contribution in [0.1, 0.15) is 17.5 Å². The van der Waals surface area contributed by atoms with Gasteiger partial charge in [0.15, 0.2) is 10.6 Å². The topological polar surface area (TPSA) is 82.9 Å². The number of benzene rings is 2. The average molecular weight is 368 g/mol. The molecule has 26 heavy (non-hydrogen) atoms. The van der Waals surface area contributed by atoms with E-state index in [0.717, 1.165) is 16.7 Å². The van der Waals surface area contributed by atoms with E-state index in [1.165, 1.54) is 0 Å². The number of aromatic amines is 1. The molecule has 0 radical (unpaired) electrons. The summed E-state index contributed by atoms with van der Waals surface area (Å²) in [5, 5.41) is 19.7. The lowest BCUT2D eigenvalue weighted by molar-refractivity contribution is -0.116. The number of hydrogen-bond acceptors (Lipinski definition) is 4. The first-order valence-electron chi connectivity index (χ1n) is 8.26. The molecule has 6 nitrogen and oxygen atoms in total. The van der Waals surface area contributed by atoms with E-state index in [-0.39, 0.29) is 18.1 Å². The first-order chi connectivity index (χ1) is 12.4. The number of H-pyrrole nitrogens is 1. The molecule has 0 aliphatic rings. The maximum Gasteiger partial charge on any atom is 0.226 e. The molecule has 3 N–H and O–H groups in total. The van der Waals surface area contributed by atoms with E-state index in [4.69, 9.17) is 12.2 Å². The van der Waals surface area contributed by atoms with Crippen LogP contribution in [0.25, 0.3) is 11.4 Å². The fourth-order valence-electron chi connectivity index (χ4n) is 2.70. The third kappa shape index (κ3) is 4.00. The number of aromatic hydroxyl groups is 1. The maximum absolute atomic E-state index is 12.3. The first kappa shape index (κ1) is 17.9. The van der Waals surface area contributed by atoms with Gasteiger partial charge in [-0.2, -0.15) is 5.10 Å². The number of nitrogens with zero attached hydrogens (tertiary/aromatic N) is 2. The second kappa shape index (κ2) is 7.53. The lowest BCUT2D eigenvalue weighted by atomic mass is 10.1. The van der Waals surface area contributed by atoms with Crippen LogP contribution in [0.5, 0.6) is 5.75 Å². The van der Waals surface area contributed by atoms with Crippen LogP contribution >= 0.6 is 12.2 Å². The number of rotatable bonds is 5. The minimum atomic E-state index is -0.206. The standard InChI is InChI=1S/C19H20N4O2S/c1-12-4-3-5-14(10-12)18-21-22-19(26)23(18)9-8-17(25)20-15-7-6-13(2)11-16(15)24/h3-7,10-11,24H,8-9H2,1-2H3,(H,20,25)(H,22,26). The average Bonchev–Trinajstić information content (AvgIpc) is 2.96. The van der Waals surface area contributed by atoms with Gasteiger partial charge in [0.1, 0.15) is 5.75 Å². The summed E-state index contributed by atoms with van der Waals surface area (Å²) in [5.74, 6) is 0.547. The van der Waals surface area contributed by atoms with Gasteiger partial charge in [-0.3, -0.25) is 14.5 Å². The van der Waals surface area contributed by atoms with Crippen molar-refractivity contribution < 1.29 is 9.90 Å². The molecule has 1 heterocycles. The Bertz CT molecular complexity index is 1010.